The Hall–Kier alpha value is -1.83. The van der Waals surface area contributed by atoms with E-state index in [9.17, 15) is 13.2 Å². The van der Waals surface area contributed by atoms with Crippen LogP contribution in [0.4, 0.5) is 5.69 Å². The zero-order chi connectivity index (χ0) is 17.6. The van der Waals surface area contributed by atoms with E-state index in [0.717, 1.165) is 22.5 Å². The van der Waals surface area contributed by atoms with Gasteiger partial charge in [-0.3, -0.25) is 4.72 Å². The maximum Gasteiger partial charge on any atom is 0.396 e. The molecule has 5 nitrogen and oxygen atoms in total. The van der Waals surface area contributed by atoms with Gasteiger partial charge in [-0.15, -0.1) is 0 Å². The molecule has 1 N–H and O–H groups in total. The van der Waals surface area contributed by atoms with E-state index in [-0.39, 0.29) is 21.2 Å². The van der Waals surface area contributed by atoms with Gasteiger partial charge in [-0.05, 0) is 55.7 Å². The van der Waals surface area contributed by atoms with Crippen molar-refractivity contribution in [2.45, 2.75) is 25.7 Å². The summed E-state index contributed by atoms with van der Waals surface area (Å²) in [7, 11) is -3.78. The molecule has 1 aromatic heterocycles. The molecule has 0 fully saturated rings. The van der Waals surface area contributed by atoms with Crippen LogP contribution in [0.2, 0.25) is 5.02 Å². The van der Waals surface area contributed by atoms with Crippen LogP contribution in [-0.4, -0.2) is 8.42 Å². The number of hydrogen-bond acceptors (Lipinski definition) is 5. The molecule has 0 amide bonds. The lowest BCUT2D eigenvalue weighted by atomic mass is 10.1. The van der Waals surface area contributed by atoms with Crippen LogP contribution in [0.3, 0.4) is 0 Å². The van der Waals surface area contributed by atoms with Crippen LogP contribution in [0.1, 0.15) is 16.7 Å². The predicted octanol–water partition coefficient (Wildman–Crippen LogP) is 4.23. The monoisotopic (exact) mass is 383 g/mol. The predicted molar refractivity (Wildman–Crippen MR) is 96.8 cm³/mol. The molecule has 0 aliphatic heterocycles. The molecule has 0 saturated carbocycles. The van der Waals surface area contributed by atoms with E-state index < -0.39 is 15.0 Å². The molecule has 0 spiro atoms. The number of fused-ring (bicyclic) bond motifs is 1. The molecule has 2 aromatic carbocycles. The highest BCUT2D eigenvalue weighted by Crippen LogP contribution is 2.31. The Kier molecular flexibility index (Phi) is 4.19. The lowest BCUT2D eigenvalue weighted by Gasteiger charge is -2.13. The Morgan fingerprint density at radius 1 is 1.12 bits per heavy atom. The van der Waals surface area contributed by atoms with Crippen LogP contribution in [0, 0.1) is 20.8 Å². The molecular weight excluding hydrogens is 370 g/mol. The molecular formula is C16H14ClNO4S2. The smallest absolute Gasteiger partial charge is 0.396 e. The fourth-order valence-electron chi connectivity index (χ4n) is 2.49. The minimum Gasteiger partial charge on any atom is -0.412 e. The minimum atomic E-state index is -3.78. The number of rotatable bonds is 3. The van der Waals surface area contributed by atoms with Crippen molar-refractivity contribution in [1.29, 1.82) is 0 Å². The maximum atomic E-state index is 12.7. The Morgan fingerprint density at radius 3 is 2.54 bits per heavy atom. The van der Waals surface area contributed by atoms with Gasteiger partial charge in [-0.2, -0.15) is 0 Å². The van der Waals surface area contributed by atoms with Gasteiger partial charge in [0.25, 0.3) is 10.0 Å². The Morgan fingerprint density at radius 2 is 1.83 bits per heavy atom. The number of nitrogens with one attached hydrogen (secondary N) is 1. The standard InChI is InChI=1S/C16H14ClNO4S2/c1-8-4-9(2)10(3)14(5-8)24(20,21)18-11-6-12(17)15-13(7-11)23-16(19)22-15/h4-7,18H,1-3H3. The van der Waals surface area contributed by atoms with Crippen LogP contribution in [0.5, 0.6) is 0 Å². The van der Waals surface area contributed by atoms with E-state index in [1.54, 1.807) is 13.0 Å². The number of anilines is 1. The van der Waals surface area contributed by atoms with Gasteiger partial charge in [0.1, 0.15) is 0 Å². The van der Waals surface area contributed by atoms with Crippen molar-refractivity contribution in [2.24, 2.45) is 0 Å². The first kappa shape index (κ1) is 17.0. The summed E-state index contributed by atoms with van der Waals surface area (Å²) in [5.74, 6) is 0. The minimum absolute atomic E-state index is 0.181. The van der Waals surface area contributed by atoms with E-state index in [1.807, 2.05) is 19.9 Å². The van der Waals surface area contributed by atoms with Gasteiger partial charge in [0.05, 0.1) is 20.3 Å². The van der Waals surface area contributed by atoms with Crippen molar-refractivity contribution < 1.29 is 12.8 Å². The van der Waals surface area contributed by atoms with Gasteiger partial charge >= 0.3 is 4.94 Å². The summed E-state index contributed by atoms with van der Waals surface area (Å²) in [6.45, 7) is 5.48. The first-order chi connectivity index (χ1) is 11.2. The highest BCUT2D eigenvalue weighted by molar-refractivity contribution is 7.92. The normalized spacial score (nSPS) is 11.8. The van der Waals surface area contributed by atoms with E-state index in [4.69, 9.17) is 16.0 Å². The van der Waals surface area contributed by atoms with Crippen molar-refractivity contribution in [2.75, 3.05) is 4.72 Å². The van der Waals surface area contributed by atoms with Gasteiger partial charge in [-0.25, -0.2) is 13.2 Å². The molecule has 0 bridgehead atoms. The summed E-state index contributed by atoms with van der Waals surface area (Å²) in [5, 5.41) is 0.181. The van der Waals surface area contributed by atoms with Crippen LogP contribution < -0.4 is 9.66 Å². The highest BCUT2D eigenvalue weighted by atomic mass is 35.5. The van der Waals surface area contributed by atoms with Gasteiger partial charge in [0.15, 0.2) is 5.58 Å². The van der Waals surface area contributed by atoms with Gasteiger partial charge in [0, 0.05) is 0 Å². The zero-order valence-corrected chi connectivity index (χ0v) is 15.5. The average Bonchev–Trinajstić information content (AvgIpc) is 2.83. The average molecular weight is 384 g/mol. The van der Waals surface area contributed by atoms with E-state index in [2.05, 4.69) is 4.72 Å². The van der Waals surface area contributed by atoms with Crippen LogP contribution in [-0.2, 0) is 10.0 Å². The molecule has 0 aliphatic carbocycles. The maximum absolute atomic E-state index is 12.7. The molecule has 0 atom stereocenters. The van der Waals surface area contributed by atoms with Gasteiger partial charge in [-0.1, -0.05) is 29.0 Å². The summed E-state index contributed by atoms with van der Waals surface area (Å²) in [4.78, 5) is 11.1. The lowest BCUT2D eigenvalue weighted by molar-refractivity contribution is 0.585. The second kappa shape index (κ2) is 5.91. The summed E-state index contributed by atoms with van der Waals surface area (Å²) in [6, 6.07) is 6.52. The molecule has 1 heterocycles. The number of aryl methyl sites for hydroxylation is 2. The van der Waals surface area contributed by atoms with Crippen molar-refractivity contribution in [3.05, 3.63) is 55.7 Å². The third kappa shape index (κ3) is 3.07. The Labute approximate surface area is 147 Å². The number of halogens is 1. The fourth-order valence-corrected chi connectivity index (χ4v) is 4.98. The Bertz CT molecular complexity index is 1110. The number of benzene rings is 2. The van der Waals surface area contributed by atoms with E-state index in [0.29, 0.717) is 10.3 Å². The highest BCUT2D eigenvalue weighted by Gasteiger charge is 2.20. The van der Waals surface area contributed by atoms with Gasteiger partial charge < -0.3 is 4.42 Å². The molecule has 126 valence electrons. The summed E-state index contributed by atoms with van der Waals surface area (Å²) < 4.78 is 33.5. The molecule has 24 heavy (non-hydrogen) atoms. The molecule has 3 rings (SSSR count). The second-order valence-electron chi connectivity index (χ2n) is 5.55. The molecule has 0 saturated heterocycles. The van der Waals surface area contributed by atoms with Crippen LogP contribution in [0.25, 0.3) is 10.3 Å². The van der Waals surface area contributed by atoms with Crippen LogP contribution >= 0.6 is 22.9 Å². The van der Waals surface area contributed by atoms with Crippen molar-refractivity contribution in [3.8, 4) is 0 Å². The van der Waals surface area contributed by atoms with Crippen molar-refractivity contribution in [1.82, 2.24) is 0 Å². The SMILES string of the molecule is Cc1cc(C)c(C)c(S(=O)(=O)Nc2cc(Cl)c3oc(=O)sc3c2)c1. The molecule has 0 unspecified atom stereocenters. The van der Waals surface area contributed by atoms with Crippen molar-refractivity contribution >= 4 is 48.9 Å². The first-order valence-corrected chi connectivity index (χ1v) is 9.69. The number of hydrogen-bond donors (Lipinski definition) is 1. The Balaban J connectivity index is 2.09. The molecule has 8 heteroatoms. The quantitative estimate of drug-likeness (QED) is 0.734. The number of sulfonamides is 1. The summed E-state index contributed by atoms with van der Waals surface area (Å²) >= 11 is 6.94. The molecule has 0 aliphatic rings. The lowest BCUT2D eigenvalue weighted by Crippen LogP contribution is -2.15. The third-order valence-electron chi connectivity index (χ3n) is 3.69. The van der Waals surface area contributed by atoms with Crippen molar-refractivity contribution in [3.63, 3.8) is 0 Å². The van der Waals surface area contributed by atoms with E-state index in [1.165, 1.54) is 12.1 Å². The van der Waals surface area contributed by atoms with Crippen LogP contribution in [0.15, 0.2) is 38.4 Å². The van der Waals surface area contributed by atoms with E-state index >= 15 is 0 Å². The fraction of sp³-hybridized carbons (Fsp3) is 0.188. The summed E-state index contributed by atoms with van der Waals surface area (Å²) in [5.41, 5.74) is 2.99. The molecule has 3 aromatic rings. The second-order valence-corrected chi connectivity index (χ2v) is 8.59. The third-order valence-corrected chi connectivity index (χ3v) is 6.26. The molecule has 0 radical (unpaired) electrons. The topological polar surface area (TPSA) is 76.4 Å². The van der Waals surface area contributed by atoms with Gasteiger partial charge in [0.2, 0.25) is 0 Å². The first-order valence-electron chi connectivity index (χ1n) is 7.01. The largest absolute Gasteiger partial charge is 0.412 e. The zero-order valence-electron chi connectivity index (χ0n) is 13.1. The summed E-state index contributed by atoms with van der Waals surface area (Å²) in [6.07, 6.45) is 0.